The van der Waals surface area contributed by atoms with Crippen molar-refractivity contribution in [1.82, 2.24) is 39.9 Å². The highest BCUT2D eigenvalue weighted by atomic mass is 14.7. The van der Waals surface area contributed by atoms with Gasteiger partial charge in [-0.25, -0.2) is 0 Å². The van der Waals surface area contributed by atoms with E-state index in [1.165, 1.54) is 115 Å². The van der Waals surface area contributed by atoms with E-state index >= 15 is 0 Å². The Balaban J connectivity index is 0.000000134. The van der Waals surface area contributed by atoms with Crippen LogP contribution in [0.5, 0.6) is 0 Å². The Bertz CT molecular complexity index is 5230. The smallest absolute Gasteiger partial charge is 0.0736 e. The summed E-state index contributed by atoms with van der Waals surface area (Å²) >= 11 is 0. The maximum absolute atomic E-state index is 4.54. The molecule has 0 unspecified atom stereocenters. The third-order valence-corrected chi connectivity index (χ3v) is 18.3. The average Bonchev–Trinajstić information content (AvgIpc) is 0.830. The molecule has 8 heteroatoms. The number of rotatable bonds is 0. The second-order valence-corrected chi connectivity index (χ2v) is 26.9. The lowest BCUT2D eigenvalue weighted by Crippen LogP contribution is -1.92. The Kier molecular flexibility index (Phi) is 24.8. The van der Waals surface area contributed by atoms with E-state index in [9.17, 15) is 0 Å². The highest BCUT2D eigenvalue weighted by molar-refractivity contribution is 5.91. The van der Waals surface area contributed by atoms with Crippen LogP contribution in [-0.2, 0) is 0 Å². The molecule has 8 nitrogen and oxygen atoms in total. The van der Waals surface area contributed by atoms with Crippen LogP contribution in [-0.4, -0.2) is 39.9 Å². The molecule has 0 atom stereocenters. The summed E-state index contributed by atoms with van der Waals surface area (Å²) in [6.45, 7) is 43.7. The predicted octanol–water partition coefficient (Wildman–Crippen LogP) is 24.4. The molecule has 16 aromatic rings. The minimum absolute atomic E-state index is 1.09. The molecule has 8 aromatic heterocycles. The number of para-hydroxylation sites is 3. The molecule has 0 radical (unpaired) electrons. The summed E-state index contributed by atoms with van der Waals surface area (Å²) in [7, 11) is 0. The molecule has 0 bridgehead atoms. The average molecular weight is 1330 g/mol. The van der Waals surface area contributed by atoms with E-state index in [1.807, 2.05) is 78.8 Å². The molecule has 0 saturated heterocycles. The molecule has 0 saturated carbocycles. The van der Waals surface area contributed by atoms with Crippen LogP contribution in [0.25, 0.3) is 86.7 Å². The highest BCUT2D eigenvalue weighted by Gasteiger charge is 2.08. The largest absolute Gasteiger partial charge is 0.258 e. The quantitative estimate of drug-likeness (QED) is 0.148. The van der Waals surface area contributed by atoms with Gasteiger partial charge >= 0.3 is 0 Å². The third kappa shape index (κ3) is 18.9. The van der Waals surface area contributed by atoms with Gasteiger partial charge in [0.1, 0.15) is 0 Å². The minimum atomic E-state index is 1.09. The molecule has 0 aliphatic heterocycles. The van der Waals surface area contributed by atoms with Gasteiger partial charge in [0.2, 0.25) is 0 Å². The molecule has 16 rings (SSSR count). The van der Waals surface area contributed by atoms with E-state index in [-0.39, 0.29) is 0 Å². The van der Waals surface area contributed by atoms with Crippen LogP contribution in [0.15, 0.2) is 212 Å². The lowest BCUT2D eigenvalue weighted by Gasteiger charge is -2.07. The number of pyridine rings is 8. The summed E-state index contributed by atoms with van der Waals surface area (Å²) in [4.78, 5) is 35.7. The molecule has 0 spiro atoms. The zero-order chi connectivity index (χ0) is 72.8. The predicted molar refractivity (Wildman–Crippen MR) is 433 cm³/mol. The fourth-order valence-electron chi connectivity index (χ4n) is 13.5. The first-order chi connectivity index (χ1) is 48.2. The van der Waals surface area contributed by atoms with Crippen molar-refractivity contribution in [3.05, 3.63) is 331 Å². The number of hydrogen-bond acceptors (Lipinski definition) is 8. The lowest BCUT2D eigenvalue weighted by molar-refractivity contribution is 1.12. The number of aromatic nitrogens is 8. The van der Waals surface area contributed by atoms with Gasteiger partial charge in [0.15, 0.2) is 0 Å². The van der Waals surface area contributed by atoms with Crippen LogP contribution in [0.3, 0.4) is 0 Å². The van der Waals surface area contributed by atoms with Crippen molar-refractivity contribution in [3.8, 4) is 0 Å². The van der Waals surface area contributed by atoms with Gasteiger partial charge in [-0.3, -0.25) is 39.9 Å². The zero-order valence-corrected chi connectivity index (χ0v) is 63.3. The van der Waals surface area contributed by atoms with Crippen LogP contribution in [0, 0.1) is 145 Å². The first-order valence-corrected chi connectivity index (χ1v) is 34.9. The van der Waals surface area contributed by atoms with Crippen molar-refractivity contribution in [2.75, 3.05) is 0 Å². The SMILES string of the molecule is Cc1cc(C)c2c(C)cccc2n1.Cc1cc(C)c2cccc(C)c2n1.Cc1cc(C)c2ccccc2n1.Cc1cc(C)c2ccccc2n1.Cc1cc2c(C)cccc2c(C)n1.Cc1cc2cccc(C)c2c(C)n1.Cc1cc2ccccc2c(C)n1.Cc1nc(C)c2ccccc2c1C. The topological polar surface area (TPSA) is 103 Å². The molecular weight excluding hydrogens is 1230 g/mol. The molecule has 8 heterocycles. The van der Waals surface area contributed by atoms with E-state index in [0.717, 1.165) is 90.4 Å². The normalized spacial score (nSPS) is 10.6. The first-order valence-electron chi connectivity index (χ1n) is 34.9. The fraction of sp³-hybridized carbons (Fsp3) is 0.226. The molecule has 0 fully saturated rings. The number of aryl methyl sites for hydroxylation is 21. The summed E-state index contributed by atoms with van der Waals surface area (Å²) < 4.78 is 0. The van der Waals surface area contributed by atoms with Gasteiger partial charge in [-0.05, 0) is 278 Å². The molecule has 510 valence electrons. The Morgan fingerprint density at radius 1 is 0.178 bits per heavy atom. The minimum Gasteiger partial charge on any atom is -0.258 e. The van der Waals surface area contributed by atoms with Gasteiger partial charge < -0.3 is 0 Å². The van der Waals surface area contributed by atoms with Crippen molar-refractivity contribution in [2.24, 2.45) is 0 Å². The summed E-state index contributed by atoms with van der Waals surface area (Å²) in [6.07, 6.45) is 0. The summed E-state index contributed by atoms with van der Waals surface area (Å²) in [5.74, 6) is 0. The van der Waals surface area contributed by atoms with Gasteiger partial charge in [-0.2, -0.15) is 0 Å². The van der Waals surface area contributed by atoms with Gasteiger partial charge in [0, 0.05) is 111 Å². The van der Waals surface area contributed by atoms with Gasteiger partial charge in [0.25, 0.3) is 0 Å². The van der Waals surface area contributed by atoms with E-state index in [4.69, 9.17) is 0 Å². The van der Waals surface area contributed by atoms with E-state index < -0.39 is 0 Å². The molecule has 0 aliphatic rings. The Labute approximate surface area is 599 Å². The summed E-state index contributed by atoms with van der Waals surface area (Å²) in [5, 5.41) is 15.4. The van der Waals surface area contributed by atoms with Crippen LogP contribution < -0.4 is 0 Å². The zero-order valence-electron chi connectivity index (χ0n) is 63.3. The van der Waals surface area contributed by atoms with Crippen molar-refractivity contribution in [2.45, 2.75) is 145 Å². The van der Waals surface area contributed by atoms with Crippen LogP contribution in [0.4, 0.5) is 0 Å². The van der Waals surface area contributed by atoms with Crippen LogP contribution in [0.1, 0.15) is 118 Å². The van der Waals surface area contributed by atoms with E-state index in [2.05, 4.69) is 319 Å². The molecular formula is C93H98N8. The molecule has 101 heavy (non-hydrogen) atoms. The van der Waals surface area contributed by atoms with Crippen LogP contribution >= 0.6 is 0 Å². The van der Waals surface area contributed by atoms with Gasteiger partial charge in [-0.1, -0.05) is 152 Å². The molecule has 0 amide bonds. The van der Waals surface area contributed by atoms with Gasteiger partial charge in [0.05, 0.1) is 22.1 Å². The first kappa shape index (κ1) is 74.3. The molecule has 0 aliphatic carbocycles. The standard InChI is InChI=1S/5C12H13N.3C11H11N/c1-8-5-4-6-11-10(3)13-9(2)7-12(8)11;1-8-5-4-6-11-7-9(2)13-10(3)12(8)11;1-8-5-4-6-11-12(8)9(2)7-10(3)13-11;1-8-5-4-6-11-9(2)7-10(3)13-12(8)11;1-8-9(2)13-10(3)12-7-5-4-6-11(8)12;1-8-7-10-5-3-4-6-11(10)9(2)12-8;2*1-8-7-9(2)12-11-6-4-3-5-10(8)11/h5*4-7H,1-3H3;3*3-7H,1-2H3. The van der Waals surface area contributed by atoms with E-state index in [0.29, 0.717) is 0 Å². The third-order valence-electron chi connectivity index (χ3n) is 18.3. The Morgan fingerprint density at radius 2 is 0.535 bits per heavy atom. The fourth-order valence-corrected chi connectivity index (χ4v) is 13.5. The van der Waals surface area contributed by atoms with Crippen molar-refractivity contribution in [3.63, 3.8) is 0 Å². The van der Waals surface area contributed by atoms with Crippen molar-refractivity contribution in [1.29, 1.82) is 0 Å². The monoisotopic (exact) mass is 1330 g/mol. The maximum atomic E-state index is 4.54. The molecule has 8 aromatic carbocycles. The number of fused-ring (bicyclic) bond motifs is 8. The lowest BCUT2D eigenvalue weighted by atomic mass is 10.0. The Hall–Kier alpha value is -11.0. The number of hydrogen-bond donors (Lipinski definition) is 0. The van der Waals surface area contributed by atoms with Crippen LogP contribution in [0.2, 0.25) is 0 Å². The highest BCUT2D eigenvalue weighted by Crippen LogP contribution is 2.27. The van der Waals surface area contributed by atoms with Gasteiger partial charge in [-0.15, -0.1) is 0 Å². The number of nitrogens with zero attached hydrogens (tertiary/aromatic N) is 8. The number of benzene rings is 8. The summed E-state index contributed by atoms with van der Waals surface area (Å²) in [5.41, 5.74) is 29.4. The van der Waals surface area contributed by atoms with Crippen molar-refractivity contribution >= 4 is 86.7 Å². The Morgan fingerprint density at radius 3 is 1.14 bits per heavy atom. The summed E-state index contributed by atoms with van der Waals surface area (Å²) in [6, 6.07) is 73.4. The second-order valence-electron chi connectivity index (χ2n) is 26.9. The van der Waals surface area contributed by atoms with Crippen molar-refractivity contribution < 1.29 is 0 Å². The van der Waals surface area contributed by atoms with E-state index in [1.54, 1.807) is 0 Å². The maximum Gasteiger partial charge on any atom is 0.0736 e. The molecule has 0 N–H and O–H groups in total. The second kappa shape index (κ2) is 33.7.